The van der Waals surface area contributed by atoms with Gasteiger partial charge in [-0.1, -0.05) is 5.16 Å². The van der Waals surface area contributed by atoms with Crippen molar-refractivity contribution < 1.29 is 34.2 Å². The maximum Gasteiger partial charge on any atom is 0.352 e. The molecule has 0 aromatic carbocycles. The van der Waals surface area contributed by atoms with Crippen LogP contribution in [0.3, 0.4) is 0 Å². The van der Waals surface area contributed by atoms with Crippen LogP contribution in [0, 0.1) is 0 Å². The van der Waals surface area contributed by atoms with Gasteiger partial charge in [0.25, 0.3) is 11.8 Å². The first-order valence-corrected chi connectivity index (χ1v) is 13.5. The zero-order valence-electron chi connectivity index (χ0n) is 18.8. The number of carbonyl (C=O) groups is 4. The summed E-state index contributed by atoms with van der Waals surface area (Å²) in [6.45, 7) is -0.776. The largest absolute Gasteiger partial charge is 0.479 e. The summed E-state index contributed by atoms with van der Waals surface area (Å²) < 4.78 is 1.25. The minimum atomic E-state index is -1.29. The van der Waals surface area contributed by atoms with Gasteiger partial charge in [-0.15, -0.1) is 49.7 Å². The fourth-order valence-electron chi connectivity index (χ4n) is 3.56. The molecule has 1 unspecified atom stereocenters. The monoisotopic (exact) mass is 577 g/mol. The molecule has 3 aromatic rings. The average Bonchev–Trinajstić information content (AvgIpc) is 3.59. The Bertz CT molecular complexity index is 1490. The van der Waals surface area contributed by atoms with Crippen molar-refractivity contribution in [2.24, 2.45) is 5.16 Å². The smallest absolute Gasteiger partial charge is 0.352 e. The summed E-state index contributed by atoms with van der Waals surface area (Å²) in [5.74, 6) is -3.41. The number of hydrogen-bond acceptors (Lipinski definition) is 14. The molecule has 3 aromatic heterocycles. The Kier molecular flexibility index (Phi) is 7.20. The van der Waals surface area contributed by atoms with Gasteiger partial charge in [-0.3, -0.25) is 14.5 Å². The number of aliphatic carboxylic acids is 2. The number of nitrogens with zero attached hydrogens (tertiary/aromatic N) is 8. The van der Waals surface area contributed by atoms with Gasteiger partial charge in [0.05, 0.1) is 5.51 Å². The molecule has 0 radical (unpaired) electrons. The van der Waals surface area contributed by atoms with E-state index in [1.54, 1.807) is 12.1 Å². The Hall–Kier alpha value is -4.10. The number of nitrogens with one attached hydrogen (secondary N) is 1. The molecule has 16 nitrogen and oxygen atoms in total. The number of oxime groups is 1. The maximum absolute atomic E-state index is 13.0. The third-order valence-electron chi connectivity index (χ3n) is 5.21. The van der Waals surface area contributed by atoms with Gasteiger partial charge in [0.2, 0.25) is 6.61 Å². The highest BCUT2D eigenvalue weighted by atomic mass is 32.2. The van der Waals surface area contributed by atoms with Crippen molar-refractivity contribution in [3.05, 3.63) is 40.0 Å². The highest BCUT2D eigenvalue weighted by Gasteiger charge is 2.54. The molecular weight excluding hydrogens is 562 g/mol. The zero-order valence-corrected chi connectivity index (χ0v) is 21.3. The van der Waals surface area contributed by atoms with E-state index in [0.717, 1.165) is 4.90 Å². The van der Waals surface area contributed by atoms with Gasteiger partial charge in [-0.2, -0.15) is 0 Å². The number of carboxylic acids is 2. The number of carbonyl (C=O) groups excluding carboxylic acids is 2. The molecule has 2 atom stereocenters. The quantitative estimate of drug-likeness (QED) is 0.118. The van der Waals surface area contributed by atoms with Gasteiger partial charge in [0.15, 0.2) is 11.4 Å². The third-order valence-corrected chi connectivity index (χ3v) is 8.14. The number of rotatable bonds is 10. The van der Waals surface area contributed by atoms with Crippen molar-refractivity contribution in [1.29, 1.82) is 0 Å². The normalized spacial score (nSPS) is 19.2. The standard InChI is InChI=1S/C19H15N9O7S3/c29-12(30)3-35-24-13(9-6-36-7-20-9)16(31)21-14-17(32)27-15(19(33)34)8(5-38-18(14)27)4-37-11-2-1-10-22-25-26-28(10)23-11/h1-2,6-7,14,18H,3-5H2,(H,21,31)(H,29,30)(H,33,34)/t14?,18-/m0/s1. The van der Waals surface area contributed by atoms with Gasteiger partial charge in [-0.25, -0.2) is 14.6 Å². The summed E-state index contributed by atoms with van der Waals surface area (Å²) in [6, 6.07) is 2.36. The van der Waals surface area contributed by atoms with Crippen LogP contribution in [-0.2, 0) is 24.0 Å². The lowest BCUT2D eigenvalue weighted by Gasteiger charge is -2.49. The topological polar surface area (TPSA) is 214 Å². The van der Waals surface area contributed by atoms with E-state index in [0.29, 0.717) is 22.0 Å². The average molecular weight is 578 g/mol. The van der Waals surface area contributed by atoms with Crippen molar-refractivity contribution >= 4 is 70.0 Å². The molecule has 196 valence electrons. The maximum atomic E-state index is 13.0. The van der Waals surface area contributed by atoms with E-state index in [2.05, 4.69) is 36.1 Å². The molecule has 0 aliphatic carbocycles. The number of hydrogen-bond donors (Lipinski definition) is 3. The fourth-order valence-corrected chi connectivity index (χ4v) is 6.43. The Labute approximate surface area is 224 Å². The minimum Gasteiger partial charge on any atom is -0.479 e. The Morgan fingerprint density at radius 2 is 2.13 bits per heavy atom. The molecule has 5 rings (SSSR count). The highest BCUT2D eigenvalue weighted by molar-refractivity contribution is 8.01. The zero-order chi connectivity index (χ0) is 26.8. The molecule has 2 aliphatic rings. The fraction of sp³-hybridized carbons (Fsp3) is 0.263. The molecule has 1 fully saturated rings. The Morgan fingerprint density at radius 3 is 2.87 bits per heavy atom. The molecule has 1 saturated heterocycles. The molecule has 2 amide bonds. The summed E-state index contributed by atoms with van der Waals surface area (Å²) in [7, 11) is 0. The second kappa shape index (κ2) is 10.7. The number of thioether (sulfide) groups is 2. The molecule has 0 saturated carbocycles. The third kappa shape index (κ3) is 5.02. The minimum absolute atomic E-state index is 0.136. The number of aromatic nitrogens is 6. The number of β-lactam (4-membered cyclic amide) rings is 1. The van der Waals surface area contributed by atoms with E-state index < -0.39 is 41.8 Å². The van der Waals surface area contributed by atoms with Gasteiger partial charge in [0, 0.05) is 16.9 Å². The van der Waals surface area contributed by atoms with Gasteiger partial charge >= 0.3 is 11.9 Å². The molecule has 3 N–H and O–H groups in total. The molecule has 0 bridgehead atoms. The van der Waals surface area contributed by atoms with Crippen LogP contribution < -0.4 is 5.32 Å². The van der Waals surface area contributed by atoms with Crippen molar-refractivity contribution in [2.45, 2.75) is 16.4 Å². The first kappa shape index (κ1) is 25.5. The van der Waals surface area contributed by atoms with Crippen LogP contribution in [-0.4, -0.2) is 104 Å². The number of fused-ring (bicyclic) bond motifs is 2. The van der Waals surface area contributed by atoms with Crippen molar-refractivity contribution in [2.75, 3.05) is 18.1 Å². The molecular formula is C19H15N9O7S3. The van der Waals surface area contributed by atoms with Crippen LogP contribution in [0.1, 0.15) is 5.69 Å². The summed E-state index contributed by atoms with van der Waals surface area (Å²) in [6.07, 6.45) is 0. The van der Waals surface area contributed by atoms with Crippen molar-refractivity contribution in [3.8, 4) is 0 Å². The Morgan fingerprint density at radius 1 is 1.29 bits per heavy atom. The van der Waals surface area contributed by atoms with Crippen LogP contribution in [0.15, 0.2) is 44.5 Å². The lowest BCUT2D eigenvalue weighted by atomic mass is 10.0. The highest BCUT2D eigenvalue weighted by Crippen LogP contribution is 2.41. The summed E-state index contributed by atoms with van der Waals surface area (Å²) in [5, 5.41) is 41.5. The predicted molar refractivity (Wildman–Crippen MR) is 131 cm³/mol. The van der Waals surface area contributed by atoms with Crippen LogP contribution in [0.2, 0.25) is 0 Å². The molecule has 5 heterocycles. The van der Waals surface area contributed by atoms with E-state index in [1.807, 2.05) is 0 Å². The predicted octanol–water partition coefficient (Wildman–Crippen LogP) is -0.688. The first-order valence-electron chi connectivity index (χ1n) is 10.5. The van der Waals surface area contributed by atoms with E-state index in [-0.39, 0.29) is 22.9 Å². The van der Waals surface area contributed by atoms with Crippen molar-refractivity contribution in [1.82, 2.24) is 40.5 Å². The van der Waals surface area contributed by atoms with Crippen LogP contribution in [0.4, 0.5) is 0 Å². The van der Waals surface area contributed by atoms with Gasteiger partial charge in [-0.05, 0) is 28.1 Å². The van der Waals surface area contributed by atoms with Crippen LogP contribution >= 0.6 is 34.9 Å². The molecule has 38 heavy (non-hydrogen) atoms. The van der Waals surface area contributed by atoms with E-state index in [4.69, 9.17) is 9.94 Å². The van der Waals surface area contributed by atoms with E-state index in [9.17, 15) is 24.3 Å². The van der Waals surface area contributed by atoms with E-state index >= 15 is 0 Å². The second-order valence-corrected chi connectivity index (χ2v) is 10.4. The lowest BCUT2D eigenvalue weighted by molar-refractivity contribution is -0.150. The molecule has 2 aliphatic heterocycles. The summed E-state index contributed by atoms with van der Waals surface area (Å²) in [5.41, 5.74) is 2.12. The number of thiazole rings is 1. The lowest BCUT2D eigenvalue weighted by Crippen LogP contribution is -2.71. The summed E-state index contributed by atoms with van der Waals surface area (Å²) >= 11 is 3.75. The number of tetrazole rings is 1. The molecule has 19 heteroatoms. The van der Waals surface area contributed by atoms with Gasteiger partial charge in [0.1, 0.15) is 27.8 Å². The number of amides is 2. The van der Waals surface area contributed by atoms with Crippen LogP contribution in [0.5, 0.6) is 0 Å². The van der Waals surface area contributed by atoms with Crippen LogP contribution in [0.25, 0.3) is 5.65 Å². The number of carboxylic acid groups (broad SMARTS) is 2. The van der Waals surface area contributed by atoms with E-state index in [1.165, 1.54) is 50.4 Å². The first-order chi connectivity index (χ1) is 18.3. The summed E-state index contributed by atoms with van der Waals surface area (Å²) in [4.78, 5) is 58.6. The SMILES string of the molecule is O=C(O)CON=C(C(=O)NC1C(=O)N2C(C(=O)O)=C(CSc3ccc4nnnn4n3)CS[C@@H]12)c1cscn1. The van der Waals surface area contributed by atoms with Gasteiger partial charge < -0.3 is 20.4 Å². The molecule has 0 spiro atoms. The van der Waals surface area contributed by atoms with Crippen molar-refractivity contribution in [3.63, 3.8) is 0 Å². The Balaban J connectivity index is 1.29. The second-order valence-electron chi connectivity index (χ2n) is 7.59.